The number of nitrogens with zero attached hydrogens (tertiary/aromatic N) is 1. The van der Waals surface area contributed by atoms with E-state index in [2.05, 4.69) is 16.7 Å². The lowest BCUT2D eigenvalue weighted by Gasteiger charge is -2.43. The Bertz CT molecular complexity index is 1030. The third kappa shape index (κ3) is 4.51. The summed E-state index contributed by atoms with van der Waals surface area (Å²) in [5, 5.41) is 29.1. The fourth-order valence-corrected chi connectivity index (χ4v) is 5.26. The van der Waals surface area contributed by atoms with E-state index in [0.717, 1.165) is 22.2 Å². The predicted molar refractivity (Wildman–Crippen MR) is 118 cm³/mol. The largest absolute Gasteiger partial charge is 0.370 e. The summed E-state index contributed by atoms with van der Waals surface area (Å²) in [6.07, 6.45) is 0. The number of thiophene rings is 1. The molecule has 9 heteroatoms. The van der Waals surface area contributed by atoms with Crippen LogP contribution in [0.1, 0.15) is 23.3 Å². The number of carbonyl (C=O) groups excluding carboxylic acids is 2. The molecule has 0 fully saturated rings. The topological polar surface area (TPSA) is 128 Å². The van der Waals surface area contributed by atoms with Crippen LogP contribution >= 0.6 is 23.1 Å². The number of hydrogen-bond donors (Lipinski definition) is 4. The first kappa shape index (κ1) is 21.9. The van der Waals surface area contributed by atoms with Crippen molar-refractivity contribution in [3.8, 4) is 6.07 Å². The number of nitriles is 1. The number of allylic oxidation sites excluding steroid dienone is 1. The summed E-state index contributed by atoms with van der Waals surface area (Å²) in [5.74, 6) is -2.67. The molecule has 1 aliphatic heterocycles. The molecule has 2 heterocycles. The second-order valence-corrected chi connectivity index (χ2v) is 9.12. The number of primary amides is 1. The van der Waals surface area contributed by atoms with Gasteiger partial charge in [-0.3, -0.25) is 9.59 Å². The summed E-state index contributed by atoms with van der Waals surface area (Å²) in [4.78, 5) is 25.4. The van der Waals surface area contributed by atoms with Gasteiger partial charge < -0.3 is 21.5 Å². The Hall–Kier alpha value is -2.80. The number of benzene rings is 1. The highest BCUT2D eigenvalue weighted by Crippen LogP contribution is 2.46. The zero-order valence-electron chi connectivity index (χ0n) is 16.5. The summed E-state index contributed by atoms with van der Waals surface area (Å²) in [7, 11) is 0. The van der Waals surface area contributed by atoms with E-state index in [-0.39, 0.29) is 5.75 Å². The Morgan fingerprint density at radius 2 is 2.10 bits per heavy atom. The molecule has 5 N–H and O–H groups in total. The molecule has 0 spiro atoms. The van der Waals surface area contributed by atoms with E-state index in [1.165, 1.54) is 18.3 Å². The summed E-state index contributed by atoms with van der Waals surface area (Å²) in [6, 6.07) is 13.2. The van der Waals surface area contributed by atoms with Crippen LogP contribution in [0, 0.1) is 24.2 Å². The molecule has 0 bridgehead atoms. The first-order valence-electron chi connectivity index (χ1n) is 9.20. The fourth-order valence-electron chi connectivity index (χ4n) is 3.49. The molecule has 2 amide bonds. The van der Waals surface area contributed by atoms with E-state index in [1.807, 2.05) is 42.6 Å². The molecule has 1 aromatic carbocycles. The first-order chi connectivity index (χ1) is 14.2. The highest BCUT2D eigenvalue weighted by atomic mass is 32.2. The van der Waals surface area contributed by atoms with E-state index < -0.39 is 29.4 Å². The molecule has 156 valence electrons. The molecule has 1 aromatic heterocycles. The third-order valence-corrected chi connectivity index (χ3v) is 6.87. The van der Waals surface area contributed by atoms with Gasteiger partial charge in [0.25, 0.3) is 0 Å². The highest BCUT2D eigenvalue weighted by Gasteiger charge is 2.50. The van der Waals surface area contributed by atoms with Crippen molar-refractivity contribution in [1.29, 1.82) is 5.26 Å². The molecule has 1 aliphatic rings. The summed E-state index contributed by atoms with van der Waals surface area (Å²) in [5.41, 5.74) is 5.40. The van der Waals surface area contributed by atoms with Crippen LogP contribution in [0.2, 0.25) is 0 Å². The second-order valence-electron chi connectivity index (χ2n) is 7.16. The molecule has 30 heavy (non-hydrogen) atoms. The minimum Gasteiger partial charge on any atom is -0.370 e. The van der Waals surface area contributed by atoms with E-state index in [0.29, 0.717) is 16.3 Å². The molecule has 0 aliphatic carbocycles. The number of nitrogens with two attached hydrogens (primary N) is 1. The van der Waals surface area contributed by atoms with E-state index in [9.17, 15) is 20.0 Å². The standard InChI is InChI=1S/C21H22N4O3S2/c1-12-6-3-4-7-14(12)24-19(27)18-17(15-8-5-9-29-15)13(10-22)20(25-21(18,2)28)30-11-16(23)26/h3-9,17-18,25,28H,11H2,1-2H3,(H2,23,26)(H,24,27). The number of carbonyl (C=O) groups is 2. The SMILES string of the molecule is Cc1ccccc1NC(=O)C1C(c2cccs2)C(C#N)=C(SCC(N)=O)NC1(C)O. The van der Waals surface area contributed by atoms with Crippen molar-refractivity contribution < 1.29 is 14.7 Å². The van der Waals surface area contributed by atoms with Gasteiger partial charge in [0.2, 0.25) is 11.8 Å². The fraction of sp³-hybridized carbons (Fsp3) is 0.286. The van der Waals surface area contributed by atoms with Crippen molar-refractivity contribution >= 4 is 40.6 Å². The zero-order valence-corrected chi connectivity index (χ0v) is 18.1. The number of aryl methyl sites for hydroxylation is 1. The number of aliphatic hydroxyl groups is 1. The van der Waals surface area contributed by atoms with Crippen LogP contribution in [0.4, 0.5) is 5.69 Å². The van der Waals surface area contributed by atoms with Gasteiger partial charge in [0.05, 0.1) is 28.3 Å². The van der Waals surface area contributed by atoms with Crippen molar-refractivity contribution in [1.82, 2.24) is 5.32 Å². The van der Waals surface area contributed by atoms with Crippen molar-refractivity contribution in [2.75, 3.05) is 11.1 Å². The molecular weight excluding hydrogens is 420 g/mol. The average Bonchev–Trinajstić information content (AvgIpc) is 3.21. The lowest BCUT2D eigenvalue weighted by molar-refractivity contribution is -0.131. The van der Waals surface area contributed by atoms with Gasteiger partial charge >= 0.3 is 0 Å². The van der Waals surface area contributed by atoms with E-state index in [4.69, 9.17) is 5.73 Å². The maximum absolute atomic E-state index is 13.4. The third-order valence-electron chi connectivity index (χ3n) is 4.88. The summed E-state index contributed by atoms with van der Waals surface area (Å²) < 4.78 is 0. The van der Waals surface area contributed by atoms with Crippen LogP contribution in [-0.4, -0.2) is 28.4 Å². The quantitative estimate of drug-likeness (QED) is 0.544. The Morgan fingerprint density at radius 1 is 1.37 bits per heavy atom. The van der Waals surface area contributed by atoms with Gasteiger partial charge in [-0.25, -0.2) is 0 Å². The normalized spacial score (nSPS) is 23.4. The number of para-hydroxylation sites is 1. The first-order valence-corrected chi connectivity index (χ1v) is 11.1. The predicted octanol–water partition coefficient (Wildman–Crippen LogP) is 2.66. The van der Waals surface area contributed by atoms with Crippen LogP contribution < -0.4 is 16.4 Å². The van der Waals surface area contributed by atoms with Crippen LogP contribution in [0.3, 0.4) is 0 Å². The monoisotopic (exact) mass is 442 g/mol. The molecule has 0 saturated heterocycles. The van der Waals surface area contributed by atoms with Gasteiger partial charge in [-0.15, -0.1) is 11.3 Å². The molecule has 0 radical (unpaired) electrons. The van der Waals surface area contributed by atoms with Crippen LogP contribution in [0.5, 0.6) is 0 Å². The molecule has 3 unspecified atom stereocenters. The lowest BCUT2D eigenvalue weighted by atomic mass is 9.76. The summed E-state index contributed by atoms with van der Waals surface area (Å²) in [6.45, 7) is 3.37. The van der Waals surface area contributed by atoms with Gasteiger partial charge in [-0.05, 0) is 36.9 Å². The minimum atomic E-state index is -1.66. The highest BCUT2D eigenvalue weighted by molar-refractivity contribution is 8.03. The number of amides is 2. The van der Waals surface area contributed by atoms with Crippen LogP contribution in [0.15, 0.2) is 52.4 Å². The van der Waals surface area contributed by atoms with Gasteiger partial charge in [0.1, 0.15) is 5.72 Å². The Kier molecular flexibility index (Phi) is 6.51. The molecule has 7 nitrogen and oxygen atoms in total. The Balaban J connectivity index is 2.06. The van der Waals surface area contributed by atoms with Crippen molar-refractivity contribution in [2.45, 2.75) is 25.5 Å². The van der Waals surface area contributed by atoms with E-state index in [1.54, 1.807) is 6.07 Å². The van der Waals surface area contributed by atoms with Gasteiger partial charge in [-0.1, -0.05) is 36.0 Å². The molecule has 2 aromatic rings. The molecule has 3 rings (SSSR count). The van der Waals surface area contributed by atoms with Gasteiger partial charge in [0, 0.05) is 16.5 Å². The number of nitrogens with one attached hydrogen (secondary N) is 2. The number of hydrogen-bond acceptors (Lipinski definition) is 7. The smallest absolute Gasteiger partial charge is 0.233 e. The molecule has 3 atom stereocenters. The molecular formula is C21H22N4O3S2. The van der Waals surface area contributed by atoms with Crippen molar-refractivity contribution in [3.63, 3.8) is 0 Å². The van der Waals surface area contributed by atoms with Crippen molar-refractivity contribution in [3.05, 3.63) is 62.8 Å². The van der Waals surface area contributed by atoms with Crippen LogP contribution in [-0.2, 0) is 9.59 Å². The maximum Gasteiger partial charge on any atom is 0.233 e. The minimum absolute atomic E-state index is 0.0547. The lowest BCUT2D eigenvalue weighted by Crippen LogP contribution is -2.57. The maximum atomic E-state index is 13.4. The number of anilines is 1. The van der Waals surface area contributed by atoms with E-state index >= 15 is 0 Å². The Labute approximate surface area is 183 Å². The Morgan fingerprint density at radius 3 is 2.70 bits per heavy atom. The summed E-state index contributed by atoms with van der Waals surface area (Å²) >= 11 is 2.45. The van der Waals surface area contributed by atoms with Crippen LogP contribution in [0.25, 0.3) is 0 Å². The molecule has 0 saturated carbocycles. The number of rotatable bonds is 6. The zero-order chi connectivity index (χ0) is 21.9. The second kappa shape index (κ2) is 8.92. The average molecular weight is 443 g/mol. The van der Waals surface area contributed by atoms with Gasteiger partial charge in [-0.2, -0.15) is 5.26 Å². The van der Waals surface area contributed by atoms with Crippen molar-refractivity contribution in [2.24, 2.45) is 11.7 Å². The van der Waals surface area contributed by atoms with Gasteiger partial charge in [0.15, 0.2) is 0 Å². The number of thioether (sulfide) groups is 1.